The smallest absolute Gasteiger partial charge is 0.407 e. The van der Waals surface area contributed by atoms with Crippen molar-refractivity contribution < 1.29 is 18.8 Å². The molecule has 0 aromatic heterocycles. The summed E-state index contributed by atoms with van der Waals surface area (Å²) in [6, 6.07) is 0. The summed E-state index contributed by atoms with van der Waals surface area (Å²) >= 11 is 0. The van der Waals surface area contributed by atoms with Gasteiger partial charge in [-0.3, -0.25) is 0 Å². The second-order valence-corrected chi connectivity index (χ2v) is 7.35. The topological polar surface area (TPSA) is 59.0 Å². The Hall–Kier alpha value is -0.593. The van der Waals surface area contributed by atoms with Gasteiger partial charge in [-0.05, 0) is 25.3 Å². The molecule has 0 aromatic rings. The Morgan fingerprint density at radius 2 is 1.89 bits per heavy atom. The van der Waals surface area contributed by atoms with Crippen molar-refractivity contribution >= 4 is 15.4 Å². The second-order valence-electron chi connectivity index (χ2n) is 4.53. The lowest BCUT2D eigenvalue weighted by molar-refractivity contribution is 0.146. The lowest BCUT2D eigenvalue weighted by Crippen LogP contribution is -2.30. The average Bonchev–Trinajstić information content (AvgIpc) is 2.34. The molecule has 6 heteroatoms. The van der Waals surface area contributed by atoms with Crippen molar-refractivity contribution in [3.63, 3.8) is 0 Å². The molecule has 0 aliphatic carbocycles. The zero-order valence-corrected chi connectivity index (χ0v) is 13.2. The average molecular weight is 277 g/mol. The van der Waals surface area contributed by atoms with E-state index >= 15 is 0 Å². The Morgan fingerprint density at radius 3 is 2.33 bits per heavy atom. The highest BCUT2D eigenvalue weighted by molar-refractivity contribution is 6.46. The quantitative estimate of drug-likeness (QED) is 0.492. The van der Waals surface area contributed by atoms with Crippen LogP contribution in [0.5, 0.6) is 0 Å². The number of hydrogen-bond acceptors (Lipinski definition) is 3. The fourth-order valence-corrected chi connectivity index (χ4v) is 3.66. The number of carboxylic acid groups (broad SMARTS) is 1. The number of amides is 1. The van der Waals surface area contributed by atoms with Crippen LogP contribution < -0.4 is 0 Å². The molecule has 0 saturated carbocycles. The maximum absolute atomic E-state index is 10.8. The SMILES string of the molecule is CCN(CCCCCC(C)[SiH](OC)OC)C(=O)O. The molecular formula is C12H27NO4Si. The molecular weight excluding hydrogens is 250 g/mol. The fraction of sp³-hybridized carbons (Fsp3) is 0.917. The van der Waals surface area contributed by atoms with Crippen molar-refractivity contribution in [2.45, 2.75) is 45.1 Å². The van der Waals surface area contributed by atoms with Gasteiger partial charge in [-0.2, -0.15) is 0 Å². The number of unbranched alkanes of at least 4 members (excludes halogenated alkanes) is 2. The van der Waals surface area contributed by atoms with Crippen LogP contribution in [0.3, 0.4) is 0 Å². The third-order valence-corrected chi connectivity index (χ3v) is 5.36. The van der Waals surface area contributed by atoms with Crippen molar-refractivity contribution in [3.05, 3.63) is 0 Å². The highest BCUT2D eigenvalue weighted by atomic mass is 28.3. The largest absolute Gasteiger partial charge is 0.465 e. The van der Waals surface area contributed by atoms with Crippen molar-refractivity contribution in [1.82, 2.24) is 4.90 Å². The lowest BCUT2D eigenvalue weighted by atomic mass is 10.1. The van der Waals surface area contributed by atoms with Gasteiger partial charge in [0.25, 0.3) is 0 Å². The van der Waals surface area contributed by atoms with E-state index in [2.05, 4.69) is 6.92 Å². The van der Waals surface area contributed by atoms with Gasteiger partial charge >= 0.3 is 15.4 Å². The van der Waals surface area contributed by atoms with Crippen LogP contribution in [-0.2, 0) is 8.85 Å². The minimum Gasteiger partial charge on any atom is -0.465 e. The molecule has 0 bridgehead atoms. The molecule has 1 N–H and O–H groups in total. The van der Waals surface area contributed by atoms with Gasteiger partial charge in [-0.25, -0.2) is 4.79 Å². The van der Waals surface area contributed by atoms with E-state index in [9.17, 15) is 4.79 Å². The van der Waals surface area contributed by atoms with Crippen molar-refractivity contribution in [1.29, 1.82) is 0 Å². The summed E-state index contributed by atoms with van der Waals surface area (Å²) in [5.41, 5.74) is 0.502. The van der Waals surface area contributed by atoms with E-state index in [1.165, 1.54) is 4.90 Å². The summed E-state index contributed by atoms with van der Waals surface area (Å²) in [5, 5.41) is 8.85. The molecule has 1 atom stereocenters. The minimum atomic E-state index is -1.48. The lowest BCUT2D eigenvalue weighted by Gasteiger charge is -2.19. The molecule has 18 heavy (non-hydrogen) atoms. The standard InChI is InChI=1S/C12H27NO4Si/c1-5-13(12(14)15)10-8-6-7-9-11(2)18(16-3)17-4/h11,18H,5-10H2,1-4H3,(H,14,15). The third-order valence-electron chi connectivity index (χ3n) is 3.17. The Balaban J connectivity index is 3.64. The summed E-state index contributed by atoms with van der Waals surface area (Å²) in [6.45, 7) is 5.23. The van der Waals surface area contributed by atoms with Crippen LogP contribution in [0.15, 0.2) is 0 Å². The van der Waals surface area contributed by atoms with Gasteiger partial charge < -0.3 is 18.9 Å². The van der Waals surface area contributed by atoms with E-state index in [0.29, 0.717) is 18.6 Å². The summed E-state index contributed by atoms with van der Waals surface area (Å²) < 4.78 is 10.7. The first-order valence-corrected chi connectivity index (χ1v) is 8.21. The predicted molar refractivity (Wildman–Crippen MR) is 74.3 cm³/mol. The van der Waals surface area contributed by atoms with Crippen molar-refractivity contribution in [2.75, 3.05) is 27.3 Å². The van der Waals surface area contributed by atoms with Gasteiger partial charge in [0.05, 0.1) is 0 Å². The van der Waals surface area contributed by atoms with E-state index < -0.39 is 15.4 Å². The first kappa shape index (κ1) is 17.4. The van der Waals surface area contributed by atoms with Crippen molar-refractivity contribution in [2.24, 2.45) is 0 Å². The molecule has 0 radical (unpaired) electrons. The van der Waals surface area contributed by atoms with E-state index in [1.54, 1.807) is 14.2 Å². The fourth-order valence-electron chi connectivity index (χ4n) is 2.03. The van der Waals surface area contributed by atoms with Crippen LogP contribution in [0.4, 0.5) is 4.79 Å². The molecule has 108 valence electrons. The number of nitrogens with zero attached hydrogens (tertiary/aromatic N) is 1. The Kier molecular flexibility index (Phi) is 10.00. The van der Waals surface area contributed by atoms with Crippen LogP contribution in [-0.4, -0.2) is 52.7 Å². The van der Waals surface area contributed by atoms with Gasteiger partial charge in [0.2, 0.25) is 0 Å². The maximum atomic E-state index is 10.8. The molecule has 0 aromatic carbocycles. The second kappa shape index (κ2) is 10.3. The van der Waals surface area contributed by atoms with Crippen LogP contribution in [0.25, 0.3) is 0 Å². The van der Waals surface area contributed by atoms with E-state index in [1.807, 2.05) is 6.92 Å². The summed E-state index contributed by atoms with van der Waals surface area (Å²) in [7, 11) is 1.94. The summed E-state index contributed by atoms with van der Waals surface area (Å²) in [4.78, 5) is 12.2. The monoisotopic (exact) mass is 277 g/mol. The van der Waals surface area contributed by atoms with Gasteiger partial charge in [0.15, 0.2) is 0 Å². The number of carbonyl (C=O) groups is 1. The molecule has 0 heterocycles. The summed E-state index contributed by atoms with van der Waals surface area (Å²) in [6.07, 6.45) is 3.37. The Labute approximate surface area is 112 Å². The van der Waals surface area contributed by atoms with E-state index in [0.717, 1.165) is 25.7 Å². The normalized spacial score (nSPS) is 12.7. The maximum Gasteiger partial charge on any atom is 0.407 e. The zero-order chi connectivity index (χ0) is 14.0. The molecule has 0 fully saturated rings. The Morgan fingerprint density at radius 1 is 1.28 bits per heavy atom. The van der Waals surface area contributed by atoms with E-state index in [-0.39, 0.29) is 0 Å². The van der Waals surface area contributed by atoms with Crippen LogP contribution in [0.1, 0.15) is 39.5 Å². The first-order valence-electron chi connectivity index (χ1n) is 6.60. The molecule has 0 aliphatic rings. The van der Waals surface area contributed by atoms with Gasteiger partial charge in [-0.1, -0.05) is 19.8 Å². The number of rotatable bonds is 10. The molecule has 1 amide bonds. The van der Waals surface area contributed by atoms with Gasteiger partial charge in [0, 0.05) is 27.3 Å². The molecule has 0 aliphatic heterocycles. The van der Waals surface area contributed by atoms with Gasteiger partial charge in [0.1, 0.15) is 0 Å². The predicted octanol–water partition coefficient (Wildman–Crippen LogP) is 2.45. The van der Waals surface area contributed by atoms with Crippen LogP contribution >= 0.6 is 0 Å². The molecule has 0 saturated heterocycles. The Bertz CT molecular complexity index is 224. The van der Waals surface area contributed by atoms with Gasteiger partial charge in [-0.15, -0.1) is 0 Å². The van der Waals surface area contributed by atoms with Crippen molar-refractivity contribution in [3.8, 4) is 0 Å². The highest BCUT2D eigenvalue weighted by Gasteiger charge is 2.18. The molecule has 1 unspecified atom stereocenters. The zero-order valence-electron chi connectivity index (χ0n) is 12.0. The third kappa shape index (κ3) is 6.98. The first-order chi connectivity index (χ1) is 8.56. The molecule has 0 rings (SSSR count). The summed E-state index contributed by atoms with van der Waals surface area (Å²) in [5.74, 6) is 0. The molecule has 5 nitrogen and oxygen atoms in total. The van der Waals surface area contributed by atoms with Crippen LogP contribution in [0.2, 0.25) is 5.54 Å². The molecule has 0 spiro atoms. The number of hydrogen-bond donors (Lipinski definition) is 1. The highest BCUT2D eigenvalue weighted by Crippen LogP contribution is 2.19. The van der Waals surface area contributed by atoms with E-state index in [4.69, 9.17) is 14.0 Å². The minimum absolute atomic E-state index is 0.502. The van der Waals surface area contributed by atoms with Crippen LogP contribution in [0, 0.1) is 0 Å².